The second-order valence-electron chi connectivity index (χ2n) is 13.0. The first-order valence-corrected chi connectivity index (χ1v) is 14.0. The summed E-state index contributed by atoms with van der Waals surface area (Å²) in [7, 11) is 0. The van der Waals surface area contributed by atoms with Crippen molar-refractivity contribution < 1.29 is 9.59 Å². The number of amides is 3. The second-order valence-corrected chi connectivity index (χ2v) is 13.4. The first-order valence-electron chi connectivity index (χ1n) is 13.7. The SMILES string of the molecule is CC(C)N(CC(=O)Nc1cc(C(C)(C)C)nn1-c1ccc(Cl)cc1)C(=O)NC12CC3CC(CC(C3)C1)C2. The molecule has 4 saturated carbocycles. The summed E-state index contributed by atoms with van der Waals surface area (Å²) in [6.45, 7) is 10.2. The molecule has 0 aliphatic heterocycles. The fourth-order valence-electron chi connectivity index (χ4n) is 7.00. The summed E-state index contributed by atoms with van der Waals surface area (Å²) in [5.74, 6) is 2.56. The summed E-state index contributed by atoms with van der Waals surface area (Å²) in [6, 6.07) is 9.02. The molecular formula is C29H40ClN5O2. The van der Waals surface area contributed by atoms with E-state index in [1.54, 1.807) is 21.7 Å². The molecule has 4 fully saturated rings. The summed E-state index contributed by atoms with van der Waals surface area (Å²) in [5.41, 5.74) is 1.37. The summed E-state index contributed by atoms with van der Waals surface area (Å²) < 4.78 is 1.73. The van der Waals surface area contributed by atoms with Gasteiger partial charge in [-0.25, -0.2) is 9.48 Å². The predicted octanol–water partition coefficient (Wildman–Crippen LogP) is 6.15. The Kier molecular flexibility index (Phi) is 6.80. The van der Waals surface area contributed by atoms with Crippen molar-refractivity contribution in [1.82, 2.24) is 20.0 Å². The van der Waals surface area contributed by atoms with Gasteiger partial charge in [0.25, 0.3) is 0 Å². The van der Waals surface area contributed by atoms with Crippen molar-refractivity contribution in [3.63, 3.8) is 0 Å². The number of nitrogens with zero attached hydrogens (tertiary/aromatic N) is 3. The molecule has 0 radical (unpaired) electrons. The molecule has 8 heteroatoms. The Hall–Kier alpha value is -2.54. The number of nitrogens with one attached hydrogen (secondary N) is 2. The van der Waals surface area contributed by atoms with Crippen LogP contribution in [0, 0.1) is 17.8 Å². The number of anilines is 1. The molecule has 0 saturated heterocycles. The van der Waals surface area contributed by atoms with Gasteiger partial charge in [0.1, 0.15) is 12.4 Å². The molecule has 0 unspecified atom stereocenters. The average Bonchev–Trinajstić information content (AvgIpc) is 3.20. The zero-order valence-electron chi connectivity index (χ0n) is 22.7. The molecule has 1 aromatic carbocycles. The van der Waals surface area contributed by atoms with E-state index in [9.17, 15) is 9.59 Å². The highest BCUT2D eigenvalue weighted by Crippen LogP contribution is 2.55. The molecule has 4 bridgehead atoms. The maximum absolute atomic E-state index is 13.5. The molecule has 1 heterocycles. The number of carbonyl (C=O) groups excluding carboxylic acids is 2. The molecule has 1 aromatic heterocycles. The lowest BCUT2D eigenvalue weighted by Gasteiger charge is -2.57. The summed E-state index contributed by atoms with van der Waals surface area (Å²) in [4.78, 5) is 28.5. The van der Waals surface area contributed by atoms with E-state index in [4.69, 9.17) is 16.7 Å². The minimum atomic E-state index is -0.245. The molecular weight excluding hydrogens is 486 g/mol. The Bertz CT molecular complexity index is 1130. The fraction of sp³-hybridized carbons (Fsp3) is 0.621. The third kappa shape index (κ3) is 5.52. The lowest BCUT2D eigenvalue weighted by molar-refractivity contribution is -0.117. The smallest absolute Gasteiger partial charge is 0.318 e. The predicted molar refractivity (Wildman–Crippen MR) is 147 cm³/mol. The molecule has 4 aliphatic rings. The van der Waals surface area contributed by atoms with Crippen LogP contribution in [-0.2, 0) is 10.2 Å². The van der Waals surface area contributed by atoms with Gasteiger partial charge in [-0.3, -0.25) is 4.79 Å². The first kappa shape index (κ1) is 26.1. The second kappa shape index (κ2) is 9.64. The molecule has 37 heavy (non-hydrogen) atoms. The topological polar surface area (TPSA) is 79.3 Å². The van der Waals surface area contributed by atoms with Crippen LogP contribution < -0.4 is 10.6 Å². The van der Waals surface area contributed by atoms with Crippen LogP contribution in [0.3, 0.4) is 0 Å². The van der Waals surface area contributed by atoms with Crippen molar-refractivity contribution in [2.24, 2.45) is 17.8 Å². The van der Waals surface area contributed by atoms with Crippen LogP contribution >= 0.6 is 11.6 Å². The minimum absolute atomic E-state index is 0.0213. The third-order valence-corrected chi connectivity index (χ3v) is 8.68. The maximum atomic E-state index is 13.5. The zero-order chi connectivity index (χ0) is 26.5. The van der Waals surface area contributed by atoms with E-state index in [2.05, 4.69) is 31.4 Å². The van der Waals surface area contributed by atoms with Gasteiger partial charge in [-0.1, -0.05) is 32.4 Å². The number of hydrogen-bond acceptors (Lipinski definition) is 3. The minimum Gasteiger partial charge on any atom is -0.333 e. The maximum Gasteiger partial charge on any atom is 0.318 e. The number of carbonyl (C=O) groups is 2. The highest BCUT2D eigenvalue weighted by molar-refractivity contribution is 6.30. The lowest BCUT2D eigenvalue weighted by atomic mass is 9.53. The van der Waals surface area contributed by atoms with Gasteiger partial charge in [0.05, 0.1) is 11.4 Å². The average molecular weight is 526 g/mol. The summed E-state index contributed by atoms with van der Waals surface area (Å²) >= 11 is 6.09. The van der Waals surface area contributed by atoms with E-state index in [1.807, 2.05) is 32.0 Å². The van der Waals surface area contributed by atoms with E-state index in [0.29, 0.717) is 10.8 Å². The molecule has 2 N–H and O–H groups in total. The van der Waals surface area contributed by atoms with E-state index >= 15 is 0 Å². The number of rotatable bonds is 6. The van der Waals surface area contributed by atoms with Gasteiger partial charge in [-0.15, -0.1) is 0 Å². The van der Waals surface area contributed by atoms with Crippen LogP contribution in [0.1, 0.15) is 78.8 Å². The Morgan fingerprint density at radius 1 is 1.08 bits per heavy atom. The van der Waals surface area contributed by atoms with Crippen molar-refractivity contribution in [2.75, 3.05) is 11.9 Å². The third-order valence-electron chi connectivity index (χ3n) is 8.42. The van der Waals surface area contributed by atoms with Crippen molar-refractivity contribution in [3.8, 4) is 5.69 Å². The van der Waals surface area contributed by atoms with Gasteiger partial charge in [0, 0.05) is 28.1 Å². The zero-order valence-corrected chi connectivity index (χ0v) is 23.4. The van der Waals surface area contributed by atoms with E-state index in [0.717, 1.165) is 48.4 Å². The summed E-state index contributed by atoms with van der Waals surface area (Å²) in [6.07, 6.45) is 7.21. The molecule has 7 nitrogen and oxygen atoms in total. The van der Waals surface area contributed by atoms with Crippen molar-refractivity contribution >= 4 is 29.4 Å². The van der Waals surface area contributed by atoms with Crippen LogP contribution in [-0.4, -0.2) is 44.7 Å². The van der Waals surface area contributed by atoms with Crippen LogP contribution in [0.15, 0.2) is 30.3 Å². The first-order chi connectivity index (χ1) is 17.4. The Labute approximate surface area is 225 Å². The molecule has 200 valence electrons. The van der Waals surface area contributed by atoms with Gasteiger partial charge in [-0.05, 0) is 94.4 Å². The van der Waals surface area contributed by atoms with Gasteiger partial charge >= 0.3 is 6.03 Å². The van der Waals surface area contributed by atoms with Crippen molar-refractivity contribution in [2.45, 2.75) is 90.1 Å². The number of urea groups is 1. The Balaban J connectivity index is 1.31. The molecule has 0 atom stereocenters. The molecule has 2 aromatic rings. The Morgan fingerprint density at radius 3 is 2.16 bits per heavy atom. The van der Waals surface area contributed by atoms with Crippen molar-refractivity contribution in [3.05, 3.63) is 41.0 Å². The standard InChI is InChI=1S/C29H40ClN5O2/c1-18(2)34(27(37)32-29-14-19-10-20(15-29)12-21(11-19)16-29)17-26(36)31-25-13-24(28(3,4)5)33-35(25)23-8-6-22(30)7-9-23/h6-9,13,18-21H,10-12,14-17H2,1-5H3,(H,31,36)(H,32,37). The van der Waals surface area contributed by atoms with Gasteiger partial charge in [0.2, 0.25) is 5.91 Å². The summed E-state index contributed by atoms with van der Waals surface area (Å²) in [5, 5.41) is 11.8. The van der Waals surface area contributed by atoms with Gasteiger partial charge in [-0.2, -0.15) is 5.10 Å². The molecule has 3 amide bonds. The lowest BCUT2D eigenvalue weighted by Crippen LogP contribution is -2.62. The monoisotopic (exact) mass is 525 g/mol. The largest absolute Gasteiger partial charge is 0.333 e. The van der Waals surface area contributed by atoms with Crippen molar-refractivity contribution in [1.29, 1.82) is 0 Å². The molecule has 0 spiro atoms. The van der Waals surface area contributed by atoms with E-state index in [1.165, 1.54) is 19.3 Å². The van der Waals surface area contributed by atoms with E-state index < -0.39 is 0 Å². The fourth-order valence-corrected chi connectivity index (χ4v) is 7.13. The number of hydrogen-bond donors (Lipinski definition) is 2. The van der Waals surface area contributed by atoms with E-state index in [-0.39, 0.29) is 35.5 Å². The van der Waals surface area contributed by atoms with Crippen LogP contribution in [0.25, 0.3) is 5.69 Å². The molecule has 6 rings (SSSR count). The van der Waals surface area contributed by atoms with Gasteiger partial charge < -0.3 is 15.5 Å². The highest BCUT2D eigenvalue weighted by atomic mass is 35.5. The number of halogens is 1. The Morgan fingerprint density at radius 2 is 1.65 bits per heavy atom. The van der Waals surface area contributed by atoms with Crippen LogP contribution in [0.4, 0.5) is 10.6 Å². The number of aromatic nitrogens is 2. The number of benzene rings is 1. The highest BCUT2D eigenvalue weighted by Gasteiger charge is 2.52. The quantitative estimate of drug-likeness (QED) is 0.474. The van der Waals surface area contributed by atoms with Crippen LogP contribution in [0.5, 0.6) is 0 Å². The van der Waals surface area contributed by atoms with Crippen LogP contribution in [0.2, 0.25) is 5.02 Å². The normalized spacial score (nSPS) is 26.4. The van der Waals surface area contributed by atoms with Gasteiger partial charge in [0.15, 0.2) is 0 Å². The molecule has 4 aliphatic carbocycles.